The number of rotatable bonds is 21. The molecule has 0 aliphatic heterocycles. The normalized spacial score (nSPS) is 12.1. The lowest BCUT2D eigenvalue weighted by molar-refractivity contribution is -0.0855. The maximum Gasteiger partial charge on any atom is 0.327 e. The zero-order chi connectivity index (χ0) is 19.3. The Bertz CT molecular complexity index is 281. The first kappa shape index (κ1) is 26.0. The van der Waals surface area contributed by atoms with Crippen molar-refractivity contribution >= 4 is 8.69 Å². The Morgan fingerprint density at radius 3 is 1.58 bits per heavy atom. The van der Waals surface area contributed by atoms with Gasteiger partial charge >= 0.3 is 8.69 Å². The molecule has 0 saturated heterocycles. The molecule has 0 saturated carbocycles. The van der Waals surface area contributed by atoms with Crippen LogP contribution in [0.2, 0.25) is 0 Å². The Balaban J connectivity index is 4.46. The van der Waals surface area contributed by atoms with Gasteiger partial charge < -0.3 is 4.74 Å². The molecule has 0 aromatic heterocycles. The van der Waals surface area contributed by atoms with Crippen molar-refractivity contribution in [3.8, 4) is 0 Å². The van der Waals surface area contributed by atoms with E-state index in [9.17, 15) is 4.57 Å². The summed E-state index contributed by atoms with van der Waals surface area (Å²) < 4.78 is 22.6. The fourth-order valence-corrected chi connectivity index (χ4v) is 3.78. The predicted molar refractivity (Wildman–Crippen MR) is 113 cm³/mol. The number of ether oxygens (including phenoxy) is 1. The van der Waals surface area contributed by atoms with Gasteiger partial charge in [0.25, 0.3) is 0 Å². The standard InChI is InChI=1S/C22H45O3P/c1-4-7-10-12-14-16-18-22(21-25-26-23,24-20-9-6-3)19-17-15-13-11-8-5-2/h4-21H2,1-3H3. The van der Waals surface area contributed by atoms with Gasteiger partial charge in [-0.25, -0.2) is 4.57 Å². The van der Waals surface area contributed by atoms with E-state index < -0.39 is 0 Å². The van der Waals surface area contributed by atoms with E-state index >= 15 is 0 Å². The van der Waals surface area contributed by atoms with Crippen LogP contribution in [0.1, 0.15) is 124 Å². The van der Waals surface area contributed by atoms with Crippen molar-refractivity contribution in [2.45, 2.75) is 129 Å². The van der Waals surface area contributed by atoms with Crippen LogP contribution in [0, 0.1) is 0 Å². The molecule has 0 N–H and O–H groups in total. The van der Waals surface area contributed by atoms with Crippen LogP contribution in [-0.2, 0) is 13.8 Å². The summed E-state index contributed by atoms with van der Waals surface area (Å²) in [6.07, 6.45) is 19.8. The molecule has 0 atom stereocenters. The van der Waals surface area contributed by atoms with Crippen LogP contribution in [0.25, 0.3) is 0 Å². The summed E-state index contributed by atoms with van der Waals surface area (Å²) in [4.78, 5) is 0. The van der Waals surface area contributed by atoms with Gasteiger partial charge in [-0.2, -0.15) is 0 Å². The second-order valence-electron chi connectivity index (χ2n) is 7.77. The number of hydrogen-bond donors (Lipinski definition) is 0. The highest BCUT2D eigenvalue weighted by atomic mass is 31.1. The van der Waals surface area contributed by atoms with Crippen molar-refractivity contribution in [3.63, 3.8) is 0 Å². The molecule has 0 aliphatic carbocycles. The molecular formula is C22H45O3P. The van der Waals surface area contributed by atoms with Crippen LogP contribution < -0.4 is 0 Å². The summed E-state index contributed by atoms with van der Waals surface area (Å²) in [5.41, 5.74) is -0.234. The molecule has 0 radical (unpaired) electrons. The fraction of sp³-hybridized carbons (Fsp3) is 1.00. The molecule has 4 heteroatoms. The average molecular weight is 389 g/mol. The lowest BCUT2D eigenvalue weighted by Gasteiger charge is -2.33. The quantitative estimate of drug-likeness (QED) is 0.147. The molecule has 0 aromatic carbocycles. The topological polar surface area (TPSA) is 35.5 Å². The predicted octanol–water partition coefficient (Wildman–Crippen LogP) is 8.27. The number of unbranched alkanes of at least 4 members (excludes halogenated alkanes) is 11. The molecule has 3 nitrogen and oxygen atoms in total. The second kappa shape index (κ2) is 19.8. The molecule has 156 valence electrons. The Hall–Kier alpha value is 0.0200. The zero-order valence-corrected chi connectivity index (χ0v) is 18.8. The minimum absolute atomic E-state index is 0.222. The van der Waals surface area contributed by atoms with Gasteiger partial charge in [0.1, 0.15) is 0 Å². The van der Waals surface area contributed by atoms with Gasteiger partial charge in [-0.05, 0) is 19.3 Å². The summed E-state index contributed by atoms with van der Waals surface area (Å²) in [6.45, 7) is 7.96. The maximum absolute atomic E-state index is 10.9. The molecule has 0 rings (SSSR count). The van der Waals surface area contributed by atoms with Crippen LogP contribution in [0.3, 0.4) is 0 Å². The Labute approximate surface area is 165 Å². The van der Waals surface area contributed by atoms with Crippen LogP contribution >= 0.6 is 8.69 Å². The molecular weight excluding hydrogens is 343 g/mol. The highest BCUT2D eigenvalue weighted by Gasteiger charge is 2.30. The molecule has 0 heterocycles. The summed E-state index contributed by atoms with van der Waals surface area (Å²) in [6, 6.07) is 0. The molecule has 0 aromatic rings. The summed E-state index contributed by atoms with van der Waals surface area (Å²) in [5.74, 6) is 0. The van der Waals surface area contributed by atoms with E-state index in [1.165, 1.54) is 77.0 Å². The molecule has 0 aliphatic rings. The second-order valence-corrected chi connectivity index (χ2v) is 8.18. The van der Waals surface area contributed by atoms with E-state index in [0.717, 1.165) is 32.3 Å². The smallest absolute Gasteiger partial charge is 0.327 e. The Morgan fingerprint density at radius 2 is 1.12 bits per heavy atom. The monoisotopic (exact) mass is 388 g/mol. The number of hydrogen-bond acceptors (Lipinski definition) is 3. The van der Waals surface area contributed by atoms with E-state index in [4.69, 9.17) is 9.26 Å². The average Bonchev–Trinajstić information content (AvgIpc) is 2.65. The first-order valence-corrected chi connectivity index (χ1v) is 12.1. The van der Waals surface area contributed by atoms with Crippen molar-refractivity contribution in [3.05, 3.63) is 0 Å². The first-order chi connectivity index (χ1) is 12.7. The van der Waals surface area contributed by atoms with Crippen LogP contribution in [0.15, 0.2) is 0 Å². The van der Waals surface area contributed by atoms with Crippen LogP contribution in [0.4, 0.5) is 0 Å². The molecule has 0 amide bonds. The van der Waals surface area contributed by atoms with Gasteiger partial charge in [-0.15, -0.1) is 0 Å². The highest BCUT2D eigenvalue weighted by molar-refractivity contribution is 7.17. The Kier molecular flexibility index (Phi) is 19.8. The molecule has 0 spiro atoms. The lowest BCUT2D eigenvalue weighted by atomic mass is 9.90. The third-order valence-corrected chi connectivity index (χ3v) is 5.49. The zero-order valence-electron chi connectivity index (χ0n) is 17.9. The SMILES string of the molecule is CCCCCCCCC(CCCCCCCC)(COP=O)OCCCC. The van der Waals surface area contributed by atoms with E-state index in [-0.39, 0.29) is 14.3 Å². The van der Waals surface area contributed by atoms with Crippen molar-refractivity contribution < 1.29 is 13.8 Å². The van der Waals surface area contributed by atoms with Gasteiger partial charge in [0.05, 0.1) is 12.2 Å². The van der Waals surface area contributed by atoms with Gasteiger partial charge in [-0.1, -0.05) is 104 Å². The first-order valence-electron chi connectivity index (χ1n) is 11.3. The summed E-state index contributed by atoms with van der Waals surface area (Å²) in [7, 11) is -0.222. The minimum atomic E-state index is -0.234. The largest absolute Gasteiger partial charge is 0.373 e. The fourth-order valence-electron chi connectivity index (χ4n) is 3.49. The third kappa shape index (κ3) is 15.1. The molecule has 0 fully saturated rings. The van der Waals surface area contributed by atoms with Crippen molar-refractivity contribution in [1.29, 1.82) is 0 Å². The minimum Gasteiger partial charge on any atom is -0.373 e. The van der Waals surface area contributed by atoms with Gasteiger partial charge in [0.15, 0.2) is 0 Å². The molecule has 26 heavy (non-hydrogen) atoms. The molecule has 0 bridgehead atoms. The van der Waals surface area contributed by atoms with Gasteiger partial charge in [0, 0.05) is 6.61 Å². The summed E-state index contributed by atoms with van der Waals surface area (Å²) in [5, 5.41) is 0. The van der Waals surface area contributed by atoms with Gasteiger partial charge in [0.2, 0.25) is 0 Å². The van der Waals surface area contributed by atoms with E-state index in [0.29, 0.717) is 6.61 Å². The van der Waals surface area contributed by atoms with Crippen molar-refractivity contribution in [2.24, 2.45) is 0 Å². The third-order valence-electron chi connectivity index (χ3n) is 5.26. The Morgan fingerprint density at radius 1 is 0.654 bits per heavy atom. The van der Waals surface area contributed by atoms with Crippen molar-refractivity contribution in [2.75, 3.05) is 13.2 Å². The van der Waals surface area contributed by atoms with E-state index in [1.54, 1.807) is 0 Å². The summed E-state index contributed by atoms with van der Waals surface area (Å²) >= 11 is 0. The highest BCUT2D eigenvalue weighted by Crippen LogP contribution is 2.29. The lowest BCUT2D eigenvalue weighted by Crippen LogP contribution is -2.37. The van der Waals surface area contributed by atoms with Crippen molar-refractivity contribution in [1.82, 2.24) is 0 Å². The van der Waals surface area contributed by atoms with Crippen LogP contribution in [0.5, 0.6) is 0 Å². The van der Waals surface area contributed by atoms with E-state index in [1.807, 2.05) is 0 Å². The van der Waals surface area contributed by atoms with Crippen LogP contribution in [-0.4, -0.2) is 18.8 Å². The van der Waals surface area contributed by atoms with E-state index in [2.05, 4.69) is 20.8 Å². The maximum atomic E-state index is 10.9. The molecule has 0 unspecified atom stereocenters. The van der Waals surface area contributed by atoms with Gasteiger partial charge in [-0.3, -0.25) is 4.52 Å².